The Morgan fingerprint density at radius 2 is 2.57 bits per heavy atom. The molecule has 0 spiro atoms. The summed E-state index contributed by atoms with van der Waals surface area (Å²) in [6.07, 6.45) is 4.15. The average molecular weight is 196 g/mol. The number of urea groups is 1. The van der Waals surface area contributed by atoms with Gasteiger partial charge in [0, 0.05) is 11.3 Å². The number of primary amides is 1. The maximum Gasteiger partial charge on any atom is 0.339 e. The molecule has 0 aromatic carbocycles. The van der Waals surface area contributed by atoms with E-state index in [0.29, 0.717) is 11.5 Å². The smallest absolute Gasteiger partial charge is 0.339 e. The first kappa shape index (κ1) is 9.01. The largest absolute Gasteiger partial charge is 0.350 e. The molecule has 0 bridgehead atoms. The number of H-pyrrole nitrogens is 1. The Morgan fingerprint density at radius 1 is 1.79 bits per heavy atom. The third-order valence-electron chi connectivity index (χ3n) is 2.54. The summed E-state index contributed by atoms with van der Waals surface area (Å²) in [5.74, 6) is 0. The molecule has 6 heteroatoms. The van der Waals surface area contributed by atoms with Crippen LogP contribution in [0, 0.1) is 0 Å². The van der Waals surface area contributed by atoms with Gasteiger partial charge in [0.05, 0.1) is 12.2 Å². The van der Waals surface area contributed by atoms with Crippen molar-refractivity contribution < 1.29 is 10.0 Å². The molecule has 1 aromatic heterocycles. The van der Waals surface area contributed by atoms with Crippen molar-refractivity contribution in [3.05, 3.63) is 17.5 Å². The van der Waals surface area contributed by atoms with Crippen molar-refractivity contribution in [1.29, 1.82) is 0 Å². The molecule has 1 unspecified atom stereocenters. The lowest BCUT2D eigenvalue weighted by molar-refractivity contribution is -0.0808. The van der Waals surface area contributed by atoms with Gasteiger partial charge in [0.2, 0.25) is 0 Å². The zero-order valence-corrected chi connectivity index (χ0v) is 7.60. The van der Waals surface area contributed by atoms with Crippen LogP contribution in [0.3, 0.4) is 0 Å². The molecule has 0 saturated heterocycles. The van der Waals surface area contributed by atoms with E-state index in [1.807, 2.05) is 0 Å². The van der Waals surface area contributed by atoms with Crippen LogP contribution in [0.5, 0.6) is 0 Å². The Kier molecular flexibility index (Phi) is 2.12. The highest BCUT2D eigenvalue weighted by molar-refractivity contribution is 5.71. The Bertz CT molecular complexity index is 349. The second-order valence-electron chi connectivity index (χ2n) is 3.39. The number of aromatic nitrogens is 2. The number of nitrogens with one attached hydrogen (secondary N) is 1. The fraction of sp³-hybridized carbons (Fsp3) is 0.500. The van der Waals surface area contributed by atoms with Gasteiger partial charge in [-0.15, -0.1) is 0 Å². The lowest BCUT2D eigenvalue weighted by Crippen LogP contribution is -2.37. The van der Waals surface area contributed by atoms with Crippen LogP contribution in [0.2, 0.25) is 0 Å². The minimum atomic E-state index is -0.830. The molecule has 1 aromatic rings. The molecule has 4 N–H and O–H groups in total. The van der Waals surface area contributed by atoms with Crippen molar-refractivity contribution in [3.63, 3.8) is 0 Å². The van der Waals surface area contributed by atoms with E-state index in [0.717, 1.165) is 24.1 Å². The second kappa shape index (κ2) is 3.30. The molecule has 0 radical (unpaired) electrons. The van der Waals surface area contributed by atoms with Crippen LogP contribution in [-0.2, 0) is 6.42 Å². The highest BCUT2D eigenvalue weighted by atomic mass is 16.5. The average Bonchev–Trinajstić information content (AvgIpc) is 2.63. The van der Waals surface area contributed by atoms with E-state index in [2.05, 4.69) is 10.2 Å². The molecule has 6 nitrogen and oxygen atoms in total. The summed E-state index contributed by atoms with van der Waals surface area (Å²) in [6.45, 7) is 0. The molecule has 76 valence electrons. The zero-order valence-electron chi connectivity index (χ0n) is 7.60. The summed E-state index contributed by atoms with van der Waals surface area (Å²) in [5.41, 5.74) is 6.83. The fourth-order valence-corrected chi connectivity index (χ4v) is 1.84. The summed E-state index contributed by atoms with van der Waals surface area (Å²) in [7, 11) is 0. The Morgan fingerprint density at radius 3 is 3.29 bits per heavy atom. The van der Waals surface area contributed by atoms with E-state index in [9.17, 15) is 10.0 Å². The standard InChI is InChI=1S/C8H12N4O2/c9-8(13)12(14)7-3-1-2-6-5(7)4-10-11-6/h4,7,14H,1-3H2,(H2,9,13)(H,10,11). The van der Waals surface area contributed by atoms with Gasteiger partial charge in [0.25, 0.3) is 0 Å². The molecule has 1 aliphatic carbocycles. The van der Waals surface area contributed by atoms with Crippen LogP contribution in [-0.4, -0.2) is 26.5 Å². The number of rotatable bonds is 1. The lowest BCUT2D eigenvalue weighted by atomic mass is 9.93. The number of hydrogen-bond acceptors (Lipinski definition) is 3. The predicted octanol–water partition coefficient (Wildman–Crippen LogP) is 0.557. The zero-order chi connectivity index (χ0) is 10.1. The van der Waals surface area contributed by atoms with Crippen LogP contribution in [0.1, 0.15) is 30.1 Å². The molecule has 2 amide bonds. The molecular formula is C8H12N4O2. The van der Waals surface area contributed by atoms with E-state index in [4.69, 9.17) is 5.73 Å². The van der Waals surface area contributed by atoms with E-state index in [1.54, 1.807) is 6.20 Å². The normalized spacial score (nSPS) is 20.2. The number of hydroxylamine groups is 2. The number of fused-ring (bicyclic) bond motifs is 1. The van der Waals surface area contributed by atoms with Gasteiger partial charge in [-0.25, -0.2) is 4.79 Å². The highest BCUT2D eigenvalue weighted by Gasteiger charge is 2.28. The van der Waals surface area contributed by atoms with Gasteiger partial charge < -0.3 is 5.73 Å². The third kappa shape index (κ3) is 1.33. The van der Waals surface area contributed by atoms with Crippen molar-refractivity contribution in [2.24, 2.45) is 5.73 Å². The fourth-order valence-electron chi connectivity index (χ4n) is 1.84. The minimum Gasteiger partial charge on any atom is -0.350 e. The van der Waals surface area contributed by atoms with E-state index < -0.39 is 6.03 Å². The molecule has 2 rings (SSSR count). The first-order chi connectivity index (χ1) is 6.70. The Hall–Kier alpha value is -1.56. The molecule has 0 saturated carbocycles. The van der Waals surface area contributed by atoms with Crippen LogP contribution in [0.4, 0.5) is 4.79 Å². The minimum absolute atomic E-state index is 0.352. The molecule has 0 fully saturated rings. The number of carbonyl (C=O) groups is 1. The molecular weight excluding hydrogens is 184 g/mol. The Labute approximate surface area is 80.7 Å². The number of nitrogens with two attached hydrogens (primary N) is 1. The maximum atomic E-state index is 10.8. The van der Waals surface area contributed by atoms with Gasteiger partial charge in [-0.1, -0.05) is 0 Å². The van der Waals surface area contributed by atoms with Crippen molar-refractivity contribution >= 4 is 6.03 Å². The number of amides is 2. The second-order valence-corrected chi connectivity index (χ2v) is 3.39. The highest BCUT2D eigenvalue weighted by Crippen LogP contribution is 2.31. The van der Waals surface area contributed by atoms with Gasteiger partial charge in [0.1, 0.15) is 0 Å². The van der Waals surface area contributed by atoms with Gasteiger partial charge in [0.15, 0.2) is 0 Å². The van der Waals surface area contributed by atoms with E-state index in [1.165, 1.54) is 0 Å². The maximum absolute atomic E-state index is 10.8. The summed E-state index contributed by atoms with van der Waals surface area (Å²) in [6, 6.07) is -1.18. The molecule has 1 atom stereocenters. The monoisotopic (exact) mass is 196 g/mol. The van der Waals surface area contributed by atoms with Gasteiger partial charge >= 0.3 is 6.03 Å². The summed E-state index contributed by atoms with van der Waals surface area (Å²) in [5, 5.41) is 16.7. The first-order valence-electron chi connectivity index (χ1n) is 4.50. The van der Waals surface area contributed by atoms with E-state index >= 15 is 0 Å². The third-order valence-corrected chi connectivity index (χ3v) is 2.54. The molecule has 1 aliphatic rings. The predicted molar refractivity (Wildman–Crippen MR) is 47.5 cm³/mol. The van der Waals surface area contributed by atoms with Crippen LogP contribution >= 0.6 is 0 Å². The molecule has 1 heterocycles. The number of hydrogen-bond donors (Lipinski definition) is 3. The Balaban J connectivity index is 2.28. The van der Waals surface area contributed by atoms with Crippen molar-refractivity contribution in [3.8, 4) is 0 Å². The number of aryl methyl sites for hydroxylation is 1. The van der Waals surface area contributed by atoms with Crippen molar-refractivity contribution in [1.82, 2.24) is 15.3 Å². The van der Waals surface area contributed by atoms with Crippen molar-refractivity contribution in [2.75, 3.05) is 0 Å². The van der Waals surface area contributed by atoms with E-state index in [-0.39, 0.29) is 6.04 Å². The molecule has 14 heavy (non-hydrogen) atoms. The quantitative estimate of drug-likeness (QED) is 0.452. The number of nitrogens with zero attached hydrogens (tertiary/aromatic N) is 2. The number of aromatic amines is 1. The SMILES string of the molecule is NC(=O)N(O)C1CCCc2[nH]ncc21. The number of carbonyl (C=O) groups excluding carboxylic acids is 1. The van der Waals surface area contributed by atoms with Crippen LogP contribution < -0.4 is 5.73 Å². The van der Waals surface area contributed by atoms with Gasteiger partial charge in [-0.05, 0) is 19.3 Å². The molecule has 0 aliphatic heterocycles. The topological polar surface area (TPSA) is 95.2 Å². The summed E-state index contributed by atoms with van der Waals surface area (Å²) in [4.78, 5) is 10.8. The summed E-state index contributed by atoms with van der Waals surface area (Å²) >= 11 is 0. The van der Waals surface area contributed by atoms with Gasteiger partial charge in [-0.2, -0.15) is 10.2 Å². The summed E-state index contributed by atoms with van der Waals surface area (Å²) < 4.78 is 0. The van der Waals surface area contributed by atoms with Crippen LogP contribution in [0.25, 0.3) is 0 Å². The lowest BCUT2D eigenvalue weighted by Gasteiger charge is -2.27. The first-order valence-corrected chi connectivity index (χ1v) is 4.50. The van der Waals surface area contributed by atoms with Crippen LogP contribution in [0.15, 0.2) is 6.20 Å². The van der Waals surface area contributed by atoms with Crippen molar-refractivity contribution in [2.45, 2.75) is 25.3 Å². The van der Waals surface area contributed by atoms with Gasteiger partial charge in [-0.3, -0.25) is 10.3 Å².